The zero-order chi connectivity index (χ0) is 20.2. The van der Waals surface area contributed by atoms with E-state index in [1.165, 1.54) is 0 Å². The lowest BCUT2D eigenvalue weighted by atomic mass is 9.99. The van der Waals surface area contributed by atoms with Crippen molar-refractivity contribution in [3.63, 3.8) is 0 Å². The van der Waals surface area contributed by atoms with Gasteiger partial charge >= 0.3 is 0 Å². The summed E-state index contributed by atoms with van der Waals surface area (Å²) in [7, 11) is 0. The standard InChI is InChI=1S/C21H27NO7/c1-20(2)25-16-14(24-19-18(17(16)26-20)27-21(3,4)28-19)11-23-15-10-13(22-29-15)12-8-6-5-7-9-12/h5-9,14-19H,10-11H2,1-4H3/t14-,15-,16+,17?,18-,19-/m1/s1. The number of oxime groups is 1. The summed E-state index contributed by atoms with van der Waals surface area (Å²) in [6, 6.07) is 9.93. The van der Waals surface area contributed by atoms with E-state index in [4.69, 9.17) is 33.3 Å². The number of fused-ring (bicyclic) bond motifs is 3. The van der Waals surface area contributed by atoms with Crippen LogP contribution < -0.4 is 0 Å². The Balaban J connectivity index is 1.23. The van der Waals surface area contributed by atoms with Gasteiger partial charge in [0.1, 0.15) is 24.4 Å². The fourth-order valence-corrected chi connectivity index (χ4v) is 4.28. The molecule has 8 nitrogen and oxygen atoms in total. The second-order valence-corrected chi connectivity index (χ2v) is 8.68. The molecule has 0 aromatic heterocycles. The van der Waals surface area contributed by atoms with Crippen molar-refractivity contribution in [2.75, 3.05) is 6.61 Å². The number of benzene rings is 1. The normalized spacial score (nSPS) is 39.5. The van der Waals surface area contributed by atoms with Crippen LogP contribution in [0, 0.1) is 0 Å². The quantitative estimate of drug-likeness (QED) is 0.762. The molecule has 4 heterocycles. The molecule has 0 saturated carbocycles. The van der Waals surface area contributed by atoms with Crippen LogP contribution in [-0.4, -0.2) is 60.9 Å². The van der Waals surface area contributed by atoms with Crippen LogP contribution in [0.4, 0.5) is 0 Å². The molecule has 1 aromatic carbocycles. The smallest absolute Gasteiger partial charge is 0.232 e. The summed E-state index contributed by atoms with van der Waals surface area (Å²) in [5.74, 6) is -1.46. The van der Waals surface area contributed by atoms with E-state index in [0.29, 0.717) is 6.42 Å². The van der Waals surface area contributed by atoms with Gasteiger partial charge in [-0.2, -0.15) is 0 Å². The van der Waals surface area contributed by atoms with Crippen molar-refractivity contribution < 1.29 is 33.3 Å². The predicted octanol–water partition coefficient (Wildman–Crippen LogP) is 2.55. The lowest BCUT2D eigenvalue weighted by Gasteiger charge is -2.37. The Morgan fingerprint density at radius 3 is 2.41 bits per heavy atom. The second kappa shape index (κ2) is 7.01. The molecule has 3 fully saturated rings. The maximum atomic E-state index is 6.15. The third-order valence-electron chi connectivity index (χ3n) is 5.44. The molecule has 0 N–H and O–H groups in total. The molecule has 1 aromatic rings. The molecule has 0 aliphatic carbocycles. The maximum absolute atomic E-state index is 6.15. The Labute approximate surface area is 170 Å². The fourth-order valence-electron chi connectivity index (χ4n) is 4.28. The van der Waals surface area contributed by atoms with E-state index in [0.717, 1.165) is 11.3 Å². The van der Waals surface area contributed by atoms with Crippen LogP contribution in [0.3, 0.4) is 0 Å². The molecular formula is C21H27NO7. The minimum absolute atomic E-state index is 0.274. The van der Waals surface area contributed by atoms with E-state index in [9.17, 15) is 0 Å². The summed E-state index contributed by atoms with van der Waals surface area (Å²) in [5.41, 5.74) is 1.90. The van der Waals surface area contributed by atoms with Gasteiger partial charge in [0.25, 0.3) is 0 Å². The number of hydrogen-bond donors (Lipinski definition) is 0. The Kier molecular flexibility index (Phi) is 4.69. The Morgan fingerprint density at radius 1 is 0.931 bits per heavy atom. The van der Waals surface area contributed by atoms with Gasteiger partial charge in [-0.25, -0.2) is 0 Å². The predicted molar refractivity (Wildman–Crippen MR) is 101 cm³/mol. The van der Waals surface area contributed by atoms with Crippen LogP contribution in [0.2, 0.25) is 0 Å². The van der Waals surface area contributed by atoms with E-state index in [-0.39, 0.29) is 31.0 Å². The summed E-state index contributed by atoms with van der Waals surface area (Å²) in [6.07, 6.45) is -1.74. The molecule has 3 saturated heterocycles. The van der Waals surface area contributed by atoms with Crippen molar-refractivity contribution in [3.8, 4) is 0 Å². The largest absolute Gasteiger partial charge is 0.363 e. The van der Waals surface area contributed by atoms with Crippen LogP contribution in [0.15, 0.2) is 35.5 Å². The molecule has 4 aliphatic rings. The van der Waals surface area contributed by atoms with Crippen molar-refractivity contribution in [2.45, 2.75) is 82.7 Å². The van der Waals surface area contributed by atoms with E-state index in [2.05, 4.69) is 5.16 Å². The maximum Gasteiger partial charge on any atom is 0.232 e. The topological polar surface area (TPSA) is 77.0 Å². The van der Waals surface area contributed by atoms with Crippen LogP contribution >= 0.6 is 0 Å². The number of rotatable bonds is 4. The van der Waals surface area contributed by atoms with Crippen molar-refractivity contribution in [1.82, 2.24) is 0 Å². The first-order chi connectivity index (χ1) is 13.8. The third-order valence-corrected chi connectivity index (χ3v) is 5.44. The average Bonchev–Trinajstić information content (AvgIpc) is 3.34. The summed E-state index contributed by atoms with van der Waals surface area (Å²) < 4.78 is 36.3. The van der Waals surface area contributed by atoms with Gasteiger partial charge in [0.05, 0.1) is 18.7 Å². The molecule has 0 bridgehead atoms. The number of hydrogen-bond acceptors (Lipinski definition) is 8. The van der Waals surface area contributed by atoms with Crippen molar-refractivity contribution in [3.05, 3.63) is 35.9 Å². The Bertz CT molecular complexity index is 780. The van der Waals surface area contributed by atoms with Gasteiger partial charge in [0.2, 0.25) is 6.29 Å². The Morgan fingerprint density at radius 2 is 1.62 bits per heavy atom. The van der Waals surface area contributed by atoms with Crippen molar-refractivity contribution in [1.29, 1.82) is 0 Å². The summed E-state index contributed by atoms with van der Waals surface area (Å²) >= 11 is 0. The van der Waals surface area contributed by atoms with Crippen molar-refractivity contribution >= 4 is 5.71 Å². The van der Waals surface area contributed by atoms with Gasteiger partial charge < -0.3 is 33.3 Å². The molecule has 29 heavy (non-hydrogen) atoms. The van der Waals surface area contributed by atoms with Gasteiger partial charge in [0.15, 0.2) is 17.9 Å². The number of ether oxygens (including phenoxy) is 6. The first-order valence-electron chi connectivity index (χ1n) is 10.1. The highest BCUT2D eigenvalue weighted by Crippen LogP contribution is 2.44. The summed E-state index contributed by atoms with van der Waals surface area (Å²) in [4.78, 5) is 5.47. The van der Waals surface area contributed by atoms with E-state index < -0.39 is 24.2 Å². The first kappa shape index (κ1) is 19.4. The highest BCUT2D eigenvalue weighted by Gasteiger charge is 2.60. The van der Waals surface area contributed by atoms with Crippen LogP contribution in [-0.2, 0) is 33.3 Å². The fraction of sp³-hybridized carbons (Fsp3) is 0.667. The Hall–Kier alpha value is -1.55. The minimum Gasteiger partial charge on any atom is -0.363 e. The van der Waals surface area contributed by atoms with E-state index in [1.807, 2.05) is 58.0 Å². The molecule has 4 aliphatic heterocycles. The lowest BCUT2D eigenvalue weighted by molar-refractivity contribution is -0.254. The minimum atomic E-state index is -0.737. The van der Waals surface area contributed by atoms with Gasteiger partial charge in [-0.15, -0.1) is 0 Å². The van der Waals surface area contributed by atoms with Crippen LogP contribution in [0.25, 0.3) is 0 Å². The molecule has 8 heteroatoms. The molecule has 0 radical (unpaired) electrons. The first-order valence-corrected chi connectivity index (χ1v) is 10.1. The van der Waals surface area contributed by atoms with Crippen LogP contribution in [0.5, 0.6) is 0 Å². The summed E-state index contributed by atoms with van der Waals surface area (Å²) in [6.45, 7) is 7.78. The van der Waals surface area contributed by atoms with Crippen molar-refractivity contribution in [2.24, 2.45) is 5.16 Å². The van der Waals surface area contributed by atoms with Gasteiger partial charge in [-0.3, -0.25) is 0 Å². The second-order valence-electron chi connectivity index (χ2n) is 8.68. The molecule has 0 amide bonds. The molecule has 1 unspecified atom stereocenters. The average molecular weight is 405 g/mol. The van der Waals surface area contributed by atoms with Gasteiger partial charge in [0, 0.05) is 0 Å². The molecule has 5 rings (SSSR count). The highest BCUT2D eigenvalue weighted by molar-refractivity contribution is 6.01. The molecular weight excluding hydrogens is 378 g/mol. The molecule has 0 spiro atoms. The highest BCUT2D eigenvalue weighted by atomic mass is 16.9. The van der Waals surface area contributed by atoms with Gasteiger partial charge in [-0.05, 0) is 33.3 Å². The zero-order valence-corrected chi connectivity index (χ0v) is 17.1. The van der Waals surface area contributed by atoms with E-state index in [1.54, 1.807) is 0 Å². The SMILES string of the molecule is CC1(C)O[C@H]2O[C@H](CO[C@H]3CC(c4ccccc4)=NO3)[C@@H]3OC(C)(C)OC3[C@H]2O1. The monoisotopic (exact) mass is 405 g/mol. The lowest BCUT2D eigenvalue weighted by Crippen LogP contribution is -2.56. The van der Waals surface area contributed by atoms with Gasteiger partial charge in [-0.1, -0.05) is 35.5 Å². The van der Waals surface area contributed by atoms with E-state index >= 15 is 0 Å². The molecule has 6 atom stereocenters. The zero-order valence-electron chi connectivity index (χ0n) is 17.1. The third kappa shape index (κ3) is 3.81. The number of nitrogens with zero attached hydrogens (tertiary/aromatic N) is 1. The molecule has 158 valence electrons. The summed E-state index contributed by atoms with van der Waals surface area (Å²) in [5, 5.41) is 4.16. The van der Waals surface area contributed by atoms with Crippen LogP contribution in [0.1, 0.15) is 39.7 Å².